The number of imidazole rings is 1. The maximum Gasteiger partial charge on any atom is 0.252 e. The third-order valence-electron chi connectivity index (χ3n) is 5.05. The fourth-order valence-electron chi connectivity index (χ4n) is 3.49. The van der Waals surface area contributed by atoms with Crippen molar-refractivity contribution in [1.29, 1.82) is 0 Å². The third kappa shape index (κ3) is 3.07. The number of amides is 1. The van der Waals surface area contributed by atoms with Crippen LogP contribution in [0.25, 0.3) is 21.9 Å². The van der Waals surface area contributed by atoms with Crippen molar-refractivity contribution in [2.75, 3.05) is 0 Å². The van der Waals surface area contributed by atoms with Gasteiger partial charge in [0, 0.05) is 18.5 Å². The molecule has 0 spiro atoms. The van der Waals surface area contributed by atoms with Crippen molar-refractivity contribution < 1.29 is 4.79 Å². The summed E-state index contributed by atoms with van der Waals surface area (Å²) >= 11 is 0. The Morgan fingerprint density at radius 2 is 1.82 bits per heavy atom. The predicted molar refractivity (Wildman–Crippen MR) is 110 cm³/mol. The molecular formula is C22H22N4O2. The second-order valence-corrected chi connectivity index (χ2v) is 7.31. The lowest BCUT2D eigenvalue weighted by molar-refractivity contribution is 0.0925. The number of pyridine rings is 1. The van der Waals surface area contributed by atoms with Crippen molar-refractivity contribution in [3.8, 4) is 0 Å². The lowest BCUT2D eigenvalue weighted by Crippen LogP contribution is -2.33. The second kappa shape index (κ2) is 6.96. The van der Waals surface area contributed by atoms with Crippen LogP contribution in [0.3, 0.4) is 0 Å². The first kappa shape index (κ1) is 18.0. The lowest BCUT2D eigenvalue weighted by atomic mass is 10.0. The molecule has 0 aliphatic carbocycles. The van der Waals surface area contributed by atoms with Crippen LogP contribution in [0.15, 0.2) is 59.4 Å². The van der Waals surface area contributed by atoms with Gasteiger partial charge < -0.3 is 14.9 Å². The van der Waals surface area contributed by atoms with Gasteiger partial charge in [-0.25, -0.2) is 4.98 Å². The molecule has 142 valence electrons. The number of aryl methyl sites for hydroxylation is 1. The quantitative estimate of drug-likeness (QED) is 0.573. The van der Waals surface area contributed by atoms with Crippen molar-refractivity contribution in [3.05, 3.63) is 76.3 Å². The van der Waals surface area contributed by atoms with Crippen LogP contribution in [0.1, 0.15) is 36.1 Å². The number of rotatable bonds is 4. The Labute approximate surface area is 162 Å². The summed E-state index contributed by atoms with van der Waals surface area (Å²) in [6.07, 6.45) is 0. The van der Waals surface area contributed by atoms with Crippen LogP contribution in [0, 0.1) is 5.92 Å². The van der Waals surface area contributed by atoms with E-state index in [-0.39, 0.29) is 23.4 Å². The van der Waals surface area contributed by atoms with Gasteiger partial charge in [0.2, 0.25) is 0 Å². The number of nitrogens with zero attached hydrogens (tertiary/aromatic N) is 2. The van der Waals surface area contributed by atoms with E-state index in [2.05, 4.69) is 15.3 Å². The number of carbonyl (C=O) groups excluding carboxylic acids is 1. The van der Waals surface area contributed by atoms with E-state index in [0.29, 0.717) is 11.4 Å². The van der Waals surface area contributed by atoms with Gasteiger partial charge in [0.15, 0.2) is 0 Å². The summed E-state index contributed by atoms with van der Waals surface area (Å²) in [5.41, 5.74) is 2.67. The van der Waals surface area contributed by atoms with Crippen molar-refractivity contribution in [1.82, 2.24) is 19.9 Å². The van der Waals surface area contributed by atoms with Gasteiger partial charge in [-0.3, -0.25) is 9.59 Å². The number of para-hydroxylation sites is 3. The van der Waals surface area contributed by atoms with Crippen molar-refractivity contribution in [2.24, 2.45) is 13.0 Å². The molecule has 4 rings (SSSR count). The van der Waals surface area contributed by atoms with Gasteiger partial charge in [-0.05, 0) is 24.1 Å². The fraction of sp³-hybridized carbons (Fsp3) is 0.227. The summed E-state index contributed by atoms with van der Waals surface area (Å²) in [6.45, 7) is 4.06. The Hall–Kier alpha value is -3.41. The number of benzene rings is 2. The number of hydrogen-bond acceptors (Lipinski definition) is 3. The number of carbonyl (C=O) groups is 1. The molecule has 2 N–H and O–H groups in total. The highest BCUT2D eigenvalue weighted by molar-refractivity contribution is 6.06. The average Bonchev–Trinajstić information content (AvgIpc) is 3.12. The zero-order valence-corrected chi connectivity index (χ0v) is 16.1. The minimum atomic E-state index is -0.303. The van der Waals surface area contributed by atoms with Gasteiger partial charge in [0.1, 0.15) is 5.82 Å². The highest BCUT2D eigenvalue weighted by Gasteiger charge is 2.24. The van der Waals surface area contributed by atoms with E-state index in [1.54, 1.807) is 11.6 Å². The van der Waals surface area contributed by atoms with Gasteiger partial charge in [-0.15, -0.1) is 0 Å². The molecule has 1 atom stereocenters. The van der Waals surface area contributed by atoms with Crippen LogP contribution in [0.2, 0.25) is 0 Å². The minimum absolute atomic E-state index is 0.113. The first-order valence-corrected chi connectivity index (χ1v) is 9.30. The number of aromatic amines is 1. The summed E-state index contributed by atoms with van der Waals surface area (Å²) in [7, 11) is 1.71. The zero-order chi connectivity index (χ0) is 19.8. The van der Waals surface area contributed by atoms with Crippen LogP contribution >= 0.6 is 0 Å². The zero-order valence-electron chi connectivity index (χ0n) is 16.1. The molecule has 2 heterocycles. The van der Waals surface area contributed by atoms with E-state index in [9.17, 15) is 9.59 Å². The Bertz CT molecular complexity index is 1200. The number of aromatic nitrogens is 3. The summed E-state index contributed by atoms with van der Waals surface area (Å²) in [5, 5.41) is 3.81. The molecule has 0 saturated heterocycles. The molecule has 0 bridgehead atoms. The molecule has 2 aromatic carbocycles. The average molecular weight is 374 g/mol. The second-order valence-electron chi connectivity index (χ2n) is 7.31. The van der Waals surface area contributed by atoms with E-state index < -0.39 is 0 Å². The molecule has 4 aromatic rings. The molecule has 0 aliphatic heterocycles. The van der Waals surface area contributed by atoms with Gasteiger partial charge in [0.25, 0.3) is 11.5 Å². The largest absolute Gasteiger partial charge is 0.342 e. The predicted octanol–water partition coefficient (Wildman–Crippen LogP) is 3.54. The summed E-state index contributed by atoms with van der Waals surface area (Å²) in [4.78, 5) is 33.4. The highest BCUT2D eigenvalue weighted by Crippen LogP contribution is 2.24. The van der Waals surface area contributed by atoms with Crippen molar-refractivity contribution in [3.63, 3.8) is 0 Å². The molecule has 0 aliphatic rings. The van der Waals surface area contributed by atoms with Crippen LogP contribution in [0.4, 0.5) is 0 Å². The molecule has 6 heteroatoms. The number of H-pyrrole nitrogens is 1. The van der Waals surface area contributed by atoms with Crippen molar-refractivity contribution >= 4 is 27.8 Å². The van der Waals surface area contributed by atoms with Crippen LogP contribution in [-0.2, 0) is 7.05 Å². The Kier molecular flexibility index (Phi) is 4.47. The molecule has 0 unspecified atom stereocenters. The van der Waals surface area contributed by atoms with Gasteiger partial charge in [-0.1, -0.05) is 44.2 Å². The molecule has 0 fully saturated rings. The topological polar surface area (TPSA) is 79.8 Å². The third-order valence-corrected chi connectivity index (χ3v) is 5.05. The molecule has 1 amide bonds. The SMILES string of the molecule is CC(C)[C@@H](NC(=O)c1cc(=O)n(C)c2ccccc12)c1nc2ccccc2[nH]1. The number of fused-ring (bicyclic) bond motifs is 2. The Morgan fingerprint density at radius 3 is 2.57 bits per heavy atom. The molecule has 6 nitrogen and oxygen atoms in total. The standard InChI is InChI=1S/C22H22N4O2/c1-13(2)20(21-23-16-9-5-6-10-17(16)24-21)25-22(28)15-12-19(27)26(3)18-11-7-4-8-14(15)18/h4-13,20H,1-3H3,(H,23,24)(H,25,28)/t20-/m1/s1. The van der Waals surface area contributed by atoms with E-state index in [1.165, 1.54) is 6.07 Å². The van der Waals surface area contributed by atoms with E-state index in [4.69, 9.17) is 0 Å². The smallest absolute Gasteiger partial charge is 0.252 e. The normalized spacial score (nSPS) is 12.6. The summed E-state index contributed by atoms with van der Waals surface area (Å²) in [6, 6.07) is 16.3. The van der Waals surface area contributed by atoms with E-state index in [0.717, 1.165) is 21.9 Å². The Balaban J connectivity index is 1.74. The highest BCUT2D eigenvalue weighted by atomic mass is 16.2. The first-order valence-electron chi connectivity index (χ1n) is 9.30. The minimum Gasteiger partial charge on any atom is -0.342 e. The number of nitrogens with one attached hydrogen (secondary N) is 2. The van der Waals surface area contributed by atoms with Crippen LogP contribution < -0.4 is 10.9 Å². The lowest BCUT2D eigenvalue weighted by Gasteiger charge is -2.21. The van der Waals surface area contributed by atoms with Gasteiger partial charge in [-0.2, -0.15) is 0 Å². The molecular weight excluding hydrogens is 352 g/mol. The fourth-order valence-corrected chi connectivity index (χ4v) is 3.49. The van der Waals surface area contributed by atoms with Crippen LogP contribution in [-0.4, -0.2) is 20.4 Å². The van der Waals surface area contributed by atoms with Crippen LogP contribution in [0.5, 0.6) is 0 Å². The summed E-state index contributed by atoms with van der Waals surface area (Å²) < 4.78 is 1.55. The monoisotopic (exact) mass is 374 g/mol. The maximum absolute atomic E-state index is 13.1. The van der Waals surface area contributed by atoms with Crippen molar-refractivity contribution in [2.45, 2.75) is 19.9 Å². The Morgan fingerprint density at radius 1 is 1.11 bits per heavy atom. The molecule has 2 aromatic heterocycles. The number of hydrogen-bond donors (Lipinski definition) is 2. The van der Waals surface area contributed by atoms with E-state index in [1.807, 2.05) is 62.4 Å². The first-order chi connectivity index (χ1) is 13.5. The molecule has 0 saturated carbocycles. The van der Waals surface area contributed by atoms with Gasteiger partial charge >= 0.3 is 0 Å². The maximum atomic E-state index is 13.1. The molecule has 28 heavy (non-hydrogen) atoms. The van der Waals surface area contributed by atoms with Gasteiger partial charge in [0.05, 0.1) is 28.2 Å². The summed E-state index contributed by atoms with van der Waals surface area (Å²) in [5.74, 6) is 0.535. The van der Waals surface area contributed by atoms with E-state index >= 15 is 0 Å². The molecule has 0 radical (unpaired) electrons.